The van der Waals surface area contributed by atoms with Crippen LogP contribution in [0.15, 0.2) is 48.5 Å². The first-order valence-electron chi connectivity index (χ1n) is 9.39. The minimum Gasteiger partial charge on any atom is -0.444 e. The number of alkyl carbamates (subject to hydrolysis) is 1. The molecule has 0 aliphatic rings. The summed E-state index contributed by atoms with van der Waals surface area (Å²) in [4.78, 5) is 23.7. The molecule has 0 spiro atoms. The van der Waals surface area contributed by atoms with Crippen LogP contribution < -0.4 is 20.7 Å². The van der Waals surface area contributed by atoms with Crippen LogP contribution in [0.4, 0.5) is 34.1 Å². The summed E-state index contributed by atoms with van der Waals surface area (Å²) in [5.74, 6) is -0.379. The zero-order chi connectivity index (χ0) is 23.1. The summed E-state index contributed by atoms with van der Waals surface area (Å²) in [7, 11) is 0. The zero-order valence-corrected chi connectivity index (χ0v) is 17.3. The van der Waals surface area contributed by atoms with Crippen LogP contribution in [0.1, 0.15) is 26.3 Å². The van der Waals surface area contributed by atoms with E-state index < -0.39 is 24.1 Å². The molecule has 0 aromatic heterocycles. The van der Waals surface area contributed by atoms with Crippen molar-refractivity contribution in [2.75, 3.05) is 17.2 Å². The smallest absolute Gasteiger partial charge is 0.444 e. The van der Waals surface area contributed by atoms with Crippen LogP contribution in [0.25, 0.3) is 0 Å². The average molecular weight is 439 g/mol. The van der Waals surface area contributed by atoms with E-state index in [-0.39, 0.29) is 5.75 Å². The fourth-order valence-corrected chi connectivity index (χ4v) is 2.41. The van der Waals surface area contributed by atoms with Crippen molar-refractivity contribution in [1.29, 1.82) is 0 Å². The van der Waals surface area contributed by atoms with E-state index in [2.05, 4.69) is 20.7 Å². The number of alkyl halides is 3. The highest BCUT2D eigenvalue weighted by Gasteiger charge is 2.30. The summed E-state index contributed by atoms with van der Waals surface area (Å²) < 4.78 is 45.4. The predicted octanol–water partition coefficient (Wildman–Crippen LogP) is 5.30. The number of ether oxygens (including phenoxy) is 2. The fourth-order valence-electron chi connectivity index (χ4n) is 2.41. The Morgan fingerprint density at radius 3 is 1.87 bits per heavy atom. The normalized spacial score (nSPS) is 11.4. The van der Waals surface area contributed by atoms with Crippen molar-refractivity contribution in [3.63, 3.8) is 0 Å². The number of rotatable bonds is 6. The molecular weight excluding hydrogens is 415 g/mol. The summed E-state index contributed by atoms with van der Waals surface area (Å²) >= 11 is 0. The van der Waals surface area contributed by atoms with Crippen molar-refractivity contribution >= 4 is 23.5 Å². The number of amides is 3. The Kier molecular flexibility index (Phi) is 7.73. The number of nitrogens with one attached hydrogen (secondary N) is 3. The van der Waals surface area contributed by atoms with Crippen LogP contribution in [0.2, 0.25) is 0 Å². The Morgan fingerprint density at radius 1 is 0.871 bits per heavy atom. The molecule has 10 heteroatoms. The molecule has 0 heterocycles. The molecular formula is C21H24F3N3O4. The van der Waals surface area contributed by atoms with Gasteiger partial charge in [-0.15, -0.1) is 13.2 Å². The molecule has 3 amide bonds. The molecule has 2 aromatic rings. The van der Waals surface area contributed by atoms with E-state index in [1.54, 1.807) is 45.0 Å². The maximum atomic E-state index is 12.2. The van der Waals surface area contributed by atoms with Crippen LogP contribution in [-0.4, -0.2) is 30.6 Å². The van der Waals surface area contributed by atoms with E-state index >= 15 is 0 Å². The second-order valence-corrected chi connectivity index (χ2v) is 7.53. The summed E-state index contributed by atoms with van der Waals surface area (Å²) in [6, 6.07) is 11.2. The molecule has 0 bridgehead atoms. The molecule has 2 aromatic carbocycles. The number of hydrogen-bond donors (Lipinski definition) is 3. The summed E-state index contributed by atoms with van der Waals surface area (Å²) in [5, 5.41) is 7.80. The molecule has 0 radical (unpaired) electrons. The van der Waals surface area contributed by atoms with E-state index in [0.29, 0.717) is 24.3 Å². The highest BCUT2D eigenvalue weighted by atomic mass is 19.4. The zero-order valence-electron chi connectivity index (χ0n) is 17.3. The molecule has 0 fully saturated rings. The van der Waals surface area contributed by atoms with Crippen LogP contribution in [0, 0.1) is 0 Å². The second kappa shape index (κ2) is 10.1. The topological polar surface area (TPSA) is 88.7 Å². The maximum absolute atomic E-state index is 12.2. The predicted molar refractivity (Wildman–Crippen MR) is 110 cm³/mol. The Hall–Kier alpha value is -3.43. The minimum absolute atomic E-state index is 0.303. The lowest BCUT2D eigenvalue weighted by Crippen LogP contribution is -2.33. The molecule has 2 rings (SSSR count). The third-order valence-electron chi connectivity index (χ3n) is 3.64. The number of anilines is 2. The first-order chi connectivity index (χ1) is 14.4. The standard InChI is InChI=1S/C21H24F3N3O4/c1-20(2,3)31-19(29)25-13-12-14-4-6-15(7-5-14)26-18(28)27-16-8-10-17(11-9-16)30-21(22,23)24/h4-11H,12-13H2,1-3H3,(H,25,29)(H2,26,27,28). The van der Waals surface area contributed by atoms with Crippen LogP contribution in [0.3, 0.4) is 0 Å². The van der Waals surface area contributed by atoms with Crippen molar-refractivity contribution < 1.29 is 32.2 Å². The van der Waals surface area contributed by atoms with Gasteiger partial charge in [-0.3, -0.25) is 0 Å². The van der Waals surface area contributed by atoms with Gasteiger partial charge in [0, 0.05) is 17.9 Å². The quantitative estimate of drug-likeness (QED) is 0.570. The van der Waals surface area contributed by atoms with Gasteiger partial charge in [0.05, 0.1) is 0 Å². The van der Waals surface area contributed by atoms with Crippen LogP contribution in [0.5, 0.6) is 5.75 Å². The number of hydrogen-bond acceptors (Lipinski definition) is 4. The van der Waals surface area contributed by atoms with E-state index in [0.717, 1.165) is 17.7 Å². The van der Waals surface area contributed by atoms with Crippen LogP contribution in [-0.2, 0) is 11.2 Å². The average Bonchev–Trinajstić information content (AvgIpc) is 2.62. The fraction of sp³-hybridized carbons (Fsp3) is 0.333. The Morgan fingerprint density at radius 2 is 1.39 bits per heavy atom. The van der Waals surface area contributed by atoms with Gasteiger partial charge < -0.3 is 25.4 Å². The van der Waals surface area contributed by atoms with Gasteiger partial charge in [-0.1, -0.05) is 12.1 Å². The minimum atomic E-state index is -4.77. The number of urea groups is 1. The molecule has 0 saturated carbocycles. The third-order valence-corrected chi connectivity index (χ3v) is 3.64. The van der Waals surface area contributed by atoms with Crippen LogP contribution >= 0.6 is 0 Å². The lowest BCUT2D eigenvalue weighted by atomic mass is 10.1. The van der Waals surface area contributed by atoms with Gasteiger partial charge in [0.25, 0.3) is 0 Å². The van der Waals surface area contributed by atoms with Gasteiger partial charge in [-0.2, -0.15) is 0 Å². The number of carbonyl (C=O) groups excluding carboxylic acids is 2. The SMILES string of the molecule is CC(C)(C)OC(=O)NCCc1ccc(NC(=O)Nc2ccc(OC(F)(F)F)cc2)cc1. The summed E-state index contributed by atoms with van der Waals surface area (Å²) in [6.45, 7) is 5.75. The van der Waals surface area contributed by atoms with Crippen molar-refractivity contribution in [2.24, 2.45) is 0 Å². The first-order valence-corrected chi connectivity index (χ1v) is 9.39. The van der Waals surface area contributed by atoms with Crippen molar-refractivity contribution in [1.82, 2.24) is 5.32 Å². The first kappa shape index (κ1) is 23.8. The number of halogens is 3. The number of carbonyl (C=O) groups is 2. The lowest BCUT2D eigenvalue weighted by molar-refractivity contribution is -0.274. The van der Waals surface area contributed by atoms with E-state index in [1.807, 2.05) is 0 Å². The monoisotopic (exact) mass is 439 g/mol. The maximum Gasteiger partial charge on any atom is 0.573 e. The Balaban J connectivity index is 1.78. The molecule has 168 valence electrons. The summed E-state index contributed by atoms with van der Waals surface area (Å²) in [5.41, 5.74) is 1.22. The van der Waals surface area contributed by atoms with E-state index in [4.69, 9.17) is 4.74 Å². The largest absolute Gasteiger partial charge is 0.573 e. The Labute approximate surface area is 177 Å². The molecule has 31 heavy (non-hydrogen) atoms. The molecule has 0 aliphatic heterocycles. The highest BCUT2D eigenvalue weighted by molar-refractivity contribution is 5.99. The highest BCUT2D eigenvalue weighted by Crippen LogP contribution is 2.24. The van der Waals surface area contributed by atoms with Crippen molar-refractivity contribution in [3.05, 3.63) is 54.1 Å². The van der Waals surface area contributed by atoms with Crippen molar-refractivity contribution in [3.8, 4) is 5.75 Å². The van der Waals surface area contributed by atoms with Gasteiger partial charge in [-0.05, 0) is 69.2 Å². The van der Waals surface area contributed by atoms with Crippen molar-refractivity contribution in [2.45, 2.75) is 39.2 Å². The third kappa shape index (κ3) is 9.75. The molecule has 0 unspecified atom stereocenters. The molecule has 3 N–H and O–H groups in total. The Bertz CT molecular complexity index is 877. The van der Waals surface area contributed by atoms with Gasteiger partial charge in [0.1, 0.15) is 11.4 Å². The molecule has 0 saturated heterocycles. The number of benzene rings is 2. The summed E-state index contributed by atoms with van der Waals surface area (Å²) in [6.07, 6.45) is -4.68. The molecule has 0 aliphatic carbocycles. The van der Waals surface area contributed by atoms with Gasteiger partial charge in [0.15, 0.2) is 0 Å². The van der Waals surface area contributed by atoms with Gasteiger partial charge in [0.2, 0.25) is 0 Å². The van der Waals surface area contributed by atoms with Gasteiger partial charge >= 0.3 is 18.5 Å². The van der Waals surface area contributed by atoms with E-state index in [9.17, 15) is 22.8 Å². The van der Waals surface area contributed by atoms with Gasteiger partial charge in [-0.25, -0.2) is 9.59 Å². The second-order valence-electron chi connectivity index (χ2n) is 7.53. The lowest BCUT2D eigenvalue weighted by Gasteiger charge is -2.19. The molecule has 7 nitrogen and oxygen atoms in total. The molecule has 0 atom stereocenters. The van der Waals surface area contributed by atoms with E-state index in [1.165, 1.54) is 12.1 Å².